The van der Waals surface area contributed by atoms with Gasteiger partial charge in [0, 0.05) is 36.6 Å². The lowest BCUT2D eigenvalue weighted by Gasteiger charge is -2.30. The van der Waals surface area contributed by atoms with Gasteiger partial charge in [-0.05, 0) is 61.6 Å². The molecule has 1 atom stereocenters. The van der Waals surface area contributed by atoms with Crippen LogP contribution in [0, 0.1) is 11.8 Å². The molecule has 10 heteroatoms. The fourth-order valence-corrected chi connectivity index (χ4v) is 5.61. The summed E-state index contributed by atoms with van der Waals surface area (Å²) < 4.78 is 36.9. The maximum Gasteiger partial charge on any atom is 0.240 e. The molecule has 3 aromatic rings. The summed E-state index contributed by atoms with van der Waals surface area (Å²) in [5, 5.41) is 4.29. The lowest BCUT2D eigenvalue weighted by atomic mass is 9.90. The SMILES string of the molecule is CCC1CC(=O)NN=C1c1ccc2nc(-c3ccc(OCC4CCN(S(C)(=O)=O)CC4)cc3)oc2c1. The number of fused-ring (bicyclic) bond motifs is 1. The number of aromatic nitrogens is 1. The van der Waals surface area contributed by atoms with E-state index in [0.717, 1.165) is 47.4 Å². The molecule has 1 saturated heterocycles. The van der Waals surface area contributed by atoms with Crippen LogP contribution in [0.4, 0.5) is 0 Å². The van der Waals surface area contributed by atoms with Gasteiger partial charge in [0.05, 0.1) is 18.6 Å². The number of rotatable bonds is 7. The van der Waals surface area contributed by atoms with Gasteiger partial charge >= 0.3 is 0 Å². The van der Waals surface area contributed by atoms with Crippen molar-refractivity contribution in [2.24, 2.45) is 16.9 Å². The van der Waals surface area contributed by atoms with Crippen molar-refractivity contribution in [1.82, 2.24) is 14.7 Å². The van der Waals surface area contributed by atoms with Crippen LogP contribution in [0.25, 0.3) is 22.6 Å². The van der Waals surface area contributed by atoms with E-state index in [9.17, 15) is 13.2 Å². The van der Waals surface area contributed by atoms with E-state index >= 15 is 0 Å². The molecule has 190 valence electrons. The van der Waals surface area contributed by atoms with Crippen LogP contribution in [-0.4, -0.2) is 55.3 Å². The highest BCUT2D eigenvalue weighted by atomic mass is 32.2. The Morgan fingerprint density at radius 2 is 1.83 bits per heavy atom. The Bertz CT molecular complexity index is 1390. The van der Waals surface area contributed by atoms with Crippen molar-refractivity contribution < 1.29 is 22.4 Å². The molecule has 2 aliphatic rings. The predicted octanol–water partition coefficient (Wildman–Crippen LogP) is 3.80. The third-order valence-electron chi connectivity index (χ3n) is 6.93. The number of carbonyl (C=O) groups is 1. The third-order valence-corrected chi connectivity index (χ3v) is 8.23. The van der Waals surface area contributed by atoms with Crippen LogP contribution in [0.3, 0.4) is 0 Å². The van der Waals surface area contributed by atoms with Crippen LogP contribution < -0.4 is 10.2 Å². The second-order valence-corrected chi connectivity index (χ2v) is 11.5. The average molecular weight is 511 g/mol. The van der Waals surface area contributed by atoms with Crippen molar-refractivity contribution in [3.05, 3.63) is 48.0 Å². The summed E-state index contributed by atoms with van der Waals surface area (Å²) in [4.78, 5) is 16.3. The number of sulfonamides is 1. The molecular formula is C26H30N4O5S. The van der Waals surface area contributed by atoms with E-state index in [1.165, 1.54) is 10.6 Å². The molecule has 1 amide bonds. The minimum absolute atomic E-state index is 0.0570. The Morgan fingerprint density at radius 3 is 2.53 bits per heavy atom. The van der Waals surface area contributed by atoms with Crippen molar-refractivity contribution in [3.8, 4) is 17.2 Å². The summed E-state index contributed by atoms with van der Waals surface area (Å²) in [7, 11) is -3.11. The molecule has 1 unspecified atom stereocenters. The minimum atomic E-state index is -3.11. The van der Waals surface area contributed by atoms with Crippen LogP contribution in [0.1, 0.15) is 38.2 Å². The van der Waals surface area contributed by atoms with E-state index in [4.69, 9.17) is 9.15 Å². The molecule has 5 rings (SSSR count). The first-order chi connectivity index (χ1) is 17.3. The largest absolute Gasteiger partial charge is 0.493 e. The summed E-state index contributed by atoms with van der Waals surface area (Å²) in [6, 6.07) is 13.4. The van der Waals surface area contributed by atoms with Gasteiger partial charge < -0.3 is 9.15 Å². The summed E-state index contributed by atoms with van der Waals surface area (Å²) in [5.74, 6) is 1.64. The van der Waals surface area contributed by atoms with Crippen molar-refractivity contribution in [3.63, 3.8) is 0 Å². The highest BCUT2D eigenvalue weighted by Crippen LogP contribution is 2.29. The monoisotopic (exact) mass is 510 g/mol. The third kappa shape index (κ3) is 5.29. The zero-order valence-corrected chi connectivity index (χ0v) is 21.3. The van der Waals surface area contributed by atoms with Gasteiger partial charge in [-0.25, -0.2) is 23.1 Å². The highest BCUT2D eigenvalue weighted by molar-refractivity contribution is 7.88. The quantitative estimate of drug-likeness (QED) is 0.517. The second kappa shape index (κ2) is 10.0. The first-order valence-corrected chi connectivity index (χ1v) is 14.1. The summed E-state index contributed by atoms with van der Waals surface area (Å²) in [5.41, 5.74) is 6.62. The molecule has 1 aromatic heterocycles. The van der Waals surface area contributed by atoms with Gasteiger partial charge in [0.1, 0.15) is 11.3 Å². The minimum Gasteiger partial charge on any atom is -0.493 e. The molecule has 1 fully saturated rings. The summed E-state index contributed by atoms with van der Waals surface area (Å²) >= 11 is 0. The van der Waals surface area contributed by atoms with Gasteiger partial charge in [0.2, 0.25) is 21.8 Å². The Kier molecular flexibility index (Phi) is 6.81. The van der Waals surface area contributed by atoms with Gasteiger partial charge in [-0.1, -0.05) is 13.0 Å². The number of nitrogens with zero attached hydrogens (tertiary/aromatic N) is 3. The van der Waals surface area contributed by atoms with Crippen LogP contribution in [0.2, 0.25) is 0 Å². The first kappa shape index (κ1) is 24.5. The molecule has 0 aliphatic carbocycles. The standard InChI is InChI=1S/C26H30N4O5S/c1-3-18-15-24(31)28-29-25(18)20-6-9-22-23(14-20)35-26(27-22)19-4-7-21(8-5-19)34-16-17-10-12-30(13-11-17)36(2,32)33/h4-9,14,17-18H,3,10-13,15-16H2,1-2H3,(H,28,31). The molecule has 0 radical (unpaired) electrons. The van der Waals surface area contributed by atoms with E-state index in [-0.39, 0.29) is 11.8 Å². The average Bonchev–Trinajstić information content (AvgIpc) is 3.31. The molecule has 0 spiro atoms. The van der Waals surface area contributed by atoms with Crippen LogP contribution >= 0.6 is 0 Å². The Labute approximate surface area is 210 Å². The maximum atomic E-state index is 11.7. The number of amides is 1. The maximum absolute atomic E-state index is 11.7. The molecular weight excluding hydrogens is 480 g/mol. The number of hydrogen-bond acceptors (Lipinski definition) is 7. The zero-order valence-electron chi connectivity index (χ0n) is 20.4. The summed E-state index contributed by atoms with van der Waals surface area (Å²) in [6.07, 6.45) is 4.13. The fourth-order valence-electron chi connectivity index (χ4n) is 4.74. The number of ether oxygens (including phenoxy) is 1. The Hall–Kier alpha value is -3.24. The predicted molar refractivity (Wildman–Crippen MR) is 137 cm³/mol. The molecule has 9 nitrogen and oxygen atoms in total. The van der Waals surface area contributed by atoms with Crippen molar-refractivity contribution in [2.75, 3.05) is 26.0 Å². The van der Waals surface area contributed by atoms with E-state index < -0.39 is 10.0 Å². The van der Waals surface area contributed by atoms with Crippen molar-refractivity contribution in [2.45, 2.75) is 32.6 Å². The molecule has 0 bridgehead atoms. The normalized spacial score (nSPS) is 19.8. The van der Waals surface area contributed by atoms with Gasteiger partial charge in [0.25, 0.3) is 0 Å². The van der Waals surface area contributed by atoms with E-state index in [1.807, 2.05) is 42.5 Å². The summed E-state index contributed by atoms with van der Waals surface area (Å²) in [6.45, 7) is 3.71. The van der Waals surface area contributed by atoms with Gasteiger partial charge in [-0.3, -0.25) is 4.79 Å². The number of carbonyl (C=O) groups excluding carboxylic acids is 1. The molecule has 2 aromatic carbocycles. The van der Waals surface area contributed by atoms with E-state index in [2.05, 4.69) is 22.4 Å². The lowest BCUT2D eigenvalue weighted by Crippen LogP contribution is -2.39. The zero-order chi connectivity index (χ0) is 25.3. The molecule has 2 aliphatic heterocycles. The smallest absolute Gasteiger partial charge is 0.240 e. The number of hydrogen-bond donors (Lipinski definition) is 1. The Morgan fingerprint density at radius 1 is 1.11 bits per heavy atom. The first-order valence-electron chi connectivity index (χ1n) is 12.3. The topological polar surface area (TPSA) is 114 Å². The number of benzene rings is 2. The van der Waals surface area contributed by atoms with E-state index in [0.29, 0.717) is 43.5 Å². The van der Waals surface area contributed by atoms with Crippen molar-refractivity contribution in [1.29, 1.82) is 0 Å². The van der Waals surface area contributed by atoms with Crippen LogP contribution in [-0.2, 0) is 14.8 Å². The van der Waals surface area contributed by atoms with Gasteiger partial charge in [-0.15, -0.1) is 0 Å². The van der Waals surface area contributed by atoms with E-state index in [1.54, 1.807) is 0 Å². The number of nitrogens with one attached hydrogen (secondary N) is 1. The highest BCUT2D eigenvalue weighted by Gasteiger charge is 2.26. The molecule has 36 heavy (non-hydrogen) atoms. The Balaban J connectivity index is 1.24. The number of hydrazone groups is 1. The fraction of sp³-hybridized carbons (Fsp3) is 0.423. The second-order valence-electron chi connectivity index (χ2n) is 9.48. The molecule has 1 N–H and O–H groups in total. The van der Waals surface area contributed by atoms with Gasteiger partial charge in [0.15, 0.2) is 5.58 Å². The van der Waals surface area contributed by atoms with Crippen molar-refractivity contribution >= 4 is 32.7 Å². The molecule has 0 saturated carbocycles. The van der Waals surface area contributed by atoms with Crippen LogP contribution in [0.5, 0.6) is 5.75 Å². The number of piperidine rings is 1. The lowest BCUT2D eigenvalue weighted by molar-refractivity contribution is -0.122. The van der Waals surface area contributed by atoms with Gasteiger partial charge in [-0.2, -0.15) is 5.10 Å². The number of oxazole rings is 1. The van der Waals surface area contributed by atoms with Crippen LogP contribution in [0.15, 0.2) is 52.0 Å². The molecule has 3 heterocycles.